The topological polar surface area (TPSA) is 125 Å². The molecule has 158 valence electrons. The van der Waals surface area contributed by atoms with Crippen LogP contribution in [0, 0.1) is 4.91 Å². The van der Waals surface area contributed by atoms with E-state index >= 15 is 0 Å². The fraction of sp³-hybridized carbons (Fsp3) is 0.0417. The van der Waals surface area contributed by atoms with Crippen LogP contribution in [0.5, 0.6) is 11.5 Å². The molecular weight excluding hydrogens is 408 g/mol. The van der Waals surface area contributed by atoms with Crippen LogP contribution in [0.1, 0.15) is 5.56 Å². The monoisotopic (exact) mass is 426 g/mol. The number of amides is 1. The Bertz CT molecular complexity index is 1250. The van der Waals surface area contributed by atoms with E-state index in [9.17, 15) is 19.9 Å². The van der Waals surface area contributed by atoms with Gasteiger partial charge in [-0.2, -0.15) is 0 Å². The number of nitrogens with zero attached hydrogens (tertiary/aromatic N) is 3. The second kappa shape index (κ2) is 9.05. The molecule has 0 aliphatic heterocycles. The quantitative estimate of drug-likeness (QED) is 0.380. The molecule has 0 unspecified atom stereocenters. The van der Waals surface area contributed by atoms with Gasteiger partial charge in [0.1, 0.15) is 22.9 Å². The summed E-state index contributed by atoms with van der Waals surface area (Å²) in [5, 5.41) is 24.7. The second-order valence-corrected chi connectivity index (χ2v) is 7.03. The van der Waals surface area contributed by atoms with Crippen molar-refractivity contribution < 1.29 is 15.0 Å². The molecule has 0 aliphatic carbocycles. The Morgan fingerprint density at radius 3 is 2.06 bits per heavy atom. The number of aromatic nitrogens is 2. The molecule has 1 aromatic heterocycles. The first-order valence-electron chi connectivity index (χ1n) is 9.70. The number of hydrogen-bond donors (Lipinski definition) is 3. The van der Waals surface area contributed by atoms with E-state index in [4.69, 9.17) is 0 Å². The molecule has 3 aromatic carbocycles. The number of rotatable bonds is 6. The van der Waals surface area contributed by atoms with E-state index < -0.39 is 0 Å². The summed E-state index contributed by atoms with van der Waals surface area (Å²) < 4.78 is 0. The maximum absolute atomic E-state index is 12.6. The number of nitrogens with one attached hydrogen (secondary N) is 1. The molecule has 4 aromatic rings. The molecule has 0 aliphatic rings. The van der Waals surface area contributed by atoms with Gasteiger partial charge in [-0.3, -0.25) is 4.79 Å². The molecule has 0 bridgehead atoms. The number of phenols is 2. The number of aromatic hydroxyl groups is 2. The first-order chi connectivity index (χ1) is 15.5. The third-order valence-electron chi connectivity index (χ3n) is 4.74. The van der Waals surface area contributed by atoms with Crippen LogP contribution in [0.15, 0.2) is 84.2 Å². The van der Waals surface area contributed by atoms with Gasteiger partial charge in [0, 0.05) is 11.1 Å². The lowest BCUT2D eigenvalue weighted by atomic mass is 10.1. The first-order valence-corrected chi connectivity index (χ1v) is 9.70. The van der Waals surface area contributed by atoms with Crippen molar-refractivity contribution in [3.8, 4) is 34.0 Å². The lowest BCUT2D eigenvalue weighted by Gasteiger charge is -2.12. The van der Waals surface area contributed by atoms with Gasteiger partial charge in [-0.15, -0.1) is 4.91 Å². The molecule has 4 rings (SSSR count). The van der Waals surface area contributed by atoms with Gasteiger partial charge in [-0.1, -0.05) is 24.3 Å². The predicted molar refractivity (Wildman–Crippen MR) is 120 cm³/mol. The third kappa shape index (κ3) is 4.76. The van der Waals surface area contributed by atoms with Gasteiger partial charge in [0.25, 0.3) is 0 Å². The van der Waals surface area contributed by atoms with E-state index in [0.29, 0.717) is 22.6 Å². The summed E-state index contributed by atoms with van der Waals surface area (Å²) in [6.45, 7) is 0. The number of benzene rings is 3. The maximum atomic E-state index is 12.6. The molecule has 8 nitrogen and oxygen atoms in total. The summed E-state index contributed by atoms with van der Waals surface area (Å²) in [5.74, 6) is 0.212. The van der Waals surface area contributed by atoms with Gasteiger partial charge in [-0.05, 0) is 59.3 Å². The number of anilines is 1. The van der Waals surface area contributed by atoms with Crippen LogP contribution in [0.2, 0.25) is 0 Å². The zero-order valence-electron chi connectivity index (χ0n) is 16.8. The number of hydrogen-bond acceptors (Lipinski definition) is 7. The van der Waals surface area contributed by atoms with Crippen LogP contribution in [0.3, 0.4) is 0 Å². The van der Waals surface area contributed by atoms with E-state index in [1.807, 2.05) is 0 Å². The number of carbonyl (C=O) groups is 1. The van der Waals surface area contributed by atoms with Gasteiger partial charge >= 0.3 is 0 Å². The SMILES string of the molecule is O=Nc1ccc(-c2cnc(NC(=O)Cc3ccc(O)cc3)c(-c3ccc(O)cc3)n2)cc1. The lowest BCUT2D eigenvalue weighted by Crippen LogP contribution is -2.16. The molecule has 3 N–H and O–H groups in total. The highest BCUT2D eigenvalue weighted by Crippen LogP contribution is 2.29. The molecule has 1 amide bonds. The highest BCUT2D eigenvalue weighted by molar-refractivity contribution is 5.94. The van der Waals surface area contributed by atoms with Crippen LogP contribution in [0.4, 0.5) is 11.5 Å². The number of carbonyl (C=O) groups excluding carboxylic acids is 1. The summed E-state index contributed by atoms with van der Waals surface area (Å²) in [6, 6.07) is 19.4. The van der Waals surface area contributed by atoms with Crippen LogP contribution < -0.4 is 5.32 Å². The summed E-state index contributed by atoms with van der Waals surface area (Å²) >= 11 is 0. The fourth-order valence-electron chi connectivity index (χ4n) is 3.11. The minimum absolute atomic E-state index is 0.0961. The molecule has 0 saturated carbocycles. The van der Waals surface area contributed by atoms with Gasteiger partial charge in [-0.25, -0.2) is 9.97 Å². The van der Waals surface area contributed by atoms with Crippen molar-refractivity contribution in [3.05, 3.63) is 89.5 Å². The molecular formula is C24H18N4O4. The van der Waals surface area contributed by atoms with E-state index in [-0.39, 0.29) is 29.6 Å². The summed E-state index contributed by atoms with van der Waals surface area (Å²) in [5.41, 5.74) is 3.40. The third-order valence-corrected chi connectivity index (χ3v) is 4.74. The molecule has 0 fully saturated rings. The fourth-order valence-corrected chi connectivity index (χ4v) is 3.11. The minimum atomic E-state index is -0.292. The molecule has 0 spiro atoms. The molecule has 32 heavy (non-hydrogen) atoms. The minimum Gasteiger partial charge on any atom is -0.508 e. The Morgan fingerprint density at radius 2 is 1.44 bits per heavy atom. The molecule has 0 atom stereocenters. The number of phenolic OH excluding ortho intramolecular Hbond substituents is 2. The summed E-state index contributed by atoms with van der Waals surface area (Å²) in [4.78, 5) is 32.4. The average molecular weight is 426 g/mol. The van der Waals surface area contributed by atoms with Gasteiger partial charge in [0.05, 0.1) is 18.3 Å². The molecule has 1 heterocycles. The van der Waals surface area contributed by atoms with Crippen molar-refractivity contribution in [2.45, 2.75) is 6.42 Å². The van der Waals surface area contributed by atoms with E-state index in [0.717, 1.165) is 11.1 Å². The summed E-state index contributed by atoms with van der Waals surface area (Å²) in [7, 11) is 0. The Balaban J connectivity index is 1.67. The van der Waals surface area contributed by atoms with Crippen LogP contribution >= 0.6 is 0 Å². The van der Waals surface area contributed by atoms with Gasteiger partial charge in [0.15, 0.2) is 5.82 Å². The van der Waals surface area contributed by atoms with E-state index in [1.54, 1.807) is 48.5 Å². The Labute approximate surface area is 183 Å². The van der Waals surface area contributed by atoms with Crippen molar-refractivity contribution in [2.75, 3.05) is 5.32 Å². The van der Waals surface area contributed by atoms with Crippen molar-refractivity contribution in [3.63, 3.8) is 0 Å². The van der Waals surface area contributed by atoms with Gasteiger partial charge < -0.3 is 15.5 Å². The lowest BCUT2D eigenvalue weighted by molar-refractivity contribution is -0.115. The van der Waals surface area contributed by atoms with Crippen molar-refractivity contribution in [1.29, 1.82) is 0 Å². The maximum Gasteiger partial charge on any atom is 0.230 e. The Hall–Kier alpha value is -4.59. The second-order valence-electron chi connectivity index (χ2n) is 7.03. The standard InChI is InChI=1S/C24H18N4O4/c29-19-9-1-15(2-10-19)13-22(31)27-24-23(17-5-11-20(30)12-6-17)26-21(14-25-24)16-3-7-18(28-32)8-4-16/h1-12,14,29-30H,13H2,(H,25,27,31). The van der Waals surface area contributed by atoms with Crippen molar-refractivity contribution >= 4 is 17.4 Å². The van der Waals surface area contributed by atoms with E-state index in [2.05, 4.69) is 20.5 Å². The Morgan fingerprint density at radius 1 is 0.844 bits per heavy atom. The van der Waals surface area contributed by atoms with Crippen LogP contribution in [-0.2, 0) is 11.2 Å². The first kappa shape index (κ1) is 20.7. The average Bonchev–Trinajstić information content (AvgIpc) is 2.81. The van der Waals surface area contributed by atoms with Crippen molar-refractivity contribution in [2.24, 2.45) is 5.18 Å². The highest BCUT2D eigenvalue weighted by atomic mass is 16.3. The molecule has 8 heteroatoms. The van der Waals surface area contributed by atoms with Crippen LogP contribution in [0.25, 0.3) is 22.5 Å². The Kier molecular flexibility index (Phi) is 5.85. The number of nitroso groups, excluding NO2 is 1. The predicted octanol–water partition coefficient (Wildman–Crippen LogP) is 4.80. The normalized spacial score (nSPS) is 10.5. The van der Waals surface area contributed by atoms with Crippen LogP contribution in [-0.4, -0.2) is 26.1 Å². The zero-order valence-corrected chi connectivity index (χ0v) is 16.8. The molecule has 0 radical (unpaired) electrons. The van der Waals surface area contributed by atoms with E-state index in [1.165, 1.54) is 30.5 Å². The van der Waals surface area contributed by atoms with Crippen molar-refractivity contribution in [1.82, 2.24) is 9.97 Å². The smallest absolute Gasteiger partial charge is 0.230 e. The zero-order chi connectivity index (χ0) is 22.5. The molecule has 0 saturated heterocycles. The van der Waals surface area contributed by atoms with Gasteiger partial charge in [0.2, 0.25) is 5.91 Å². The largest absolute Gasteiger partial charge is 0.508 e. The summed E-state index contributed by atoms with van der Waals surface area (Å²) in [6.07, 6.45) is 1.63. The highest BCUT2D eigenvalue weighted by Gasteiger charge is 2.15.